The molecular weight excluding hydrogens is 278 g/mol. The van der Waals surface area contributed by atoms with Crippen LogP contribution in [0.4, 0.5) is 14.6 Å². The molecule has 6 heteroatoms. The van der Waals surface area contributed by atoms with Crippen LogP contribution in [0.25, 0.3) is 0 Å². The molecule has 0 aliphatic carbocycles. The van der Waals surface area contributed by atoms with Crippen LogP contribution in [0.2, 0.25) is 0 Å². The third-order valence-electron chi connectivity index (χ3n) is 2.96. The summed E-state index contributed by atoms with van der Waals surface area (Å²) in [6, 6.07) is 6.17. The van der Waals surface area contributed by atoms with Crippen molar-refractivity contribution in [2.75, 3.05) is 5.32 Å². The molecule has 0 amide bonds. The number of benzene rings is 1. The number of aromatic nitrogens is 1. The van der Waals surface area contributed by atoms with E-state index in [-0.39, 0.29) is 17.7 Å². The SMILES string of the molecule is CCc1cc(C(=O)O)cc(NCc2ccc(F)cc2F)n1. The summed E-state index contributed by atoms with van der Waals surface area (Å²) in [6.45, 7) is 1.95. The molecule has 0 spiro atoms. The van der Waals surface area contributed by atoms with Gasteiger partial charge >= 0.3 is 5.97 Å². The number of aromatic carboxylic acids is 1. The second-order valence-corrected chi connectivity index (χ2v) is 4.48. The minimum absolute atomic E-state index is 0.0886. The van der Waals surface area contributed by atoms with Crippen molar-refractivity contribution in [2.24, 2.45) is 0 Å². The molecule has 0 bridgehead atoms. The van der Waals surface area contributed by atoms with Crippen molar-refractivity contribution >= 4 is 11.8 Å². The second kappa shape index (κ2) is 6.30. The highest BCUT2D eigenvalue weighted by Crippen LogP contribution is 2.15. The molecule has 0 fully saturated rings. The number of aryl methyl sites for hydroxylation is 1. The Balaban J connectivity index is 2.19. The van der Waals surface area contributed by atoms with E-state index in [0.717, 1.165) is 6.07 Å². The first-order chi connectivity index (χ1) is 9.99. The summed E-state index contributed by atoms with van der Waals surface area (Å²) < 4.78 is 26.3. The van der Waals surface area contributed by atoms with E-state index in [1.165, 1.54) is 24.3 Å². The van der Waals surface area contributed by atoms with Crippen LogP contribution in [0.3, 0.4) is 0 Å². The minimum Gasteiger partial charge on any atom is -0.478 e. The van der Waals surface area contributed by atoms with E-state index in [1.54, 1.807) is 0 Å². The molecule has 4 nitrogen and oxygen atoms in total. The van der Waals surface area contributed by atoms with E-state index in [9.17, 15) is 13.6 Å². The summed E-state index contributed by atoms with van der Waals surface area (Å²) in [5.74, 6) is -2.01. The number of pyridine rings is 1. The quantitative estimate of drug-likeness (QED) is 0.888. The number of nitrogens with zero attached hydrogens (tertiary/aromatic N) is 1. The Morgan fingerprint density at radius 2 is 2.05 bits per heavy atom. The average Bonchev–Trinajstić information content (AvgIpc) is 2.46. The molecule has 2 aromatic rings. The van der Waals surface area contributed by atoms with E-state index < -0.39 is 17.6 Å². The van der Waals surface area contributed by atoms with Crippen molar-refractivity contribution in [1.29, 1.82) is 0 Å². The highest BCUT2D eigenvalue weighted by molar-refractivity contribution is 5.88. The van der Waals surface area contributed by atoms with E-state index in [4.69, 9.17) is 5.11 Å². The van der Waals surface area contributed by atoms with Crippen LogP contribution >= 0.6 is 0 Å². The highest BCUT2D eigenvalue weighted by Gasteiger charge is 2.09. The summed E-state index contributed by atoms with van der Waals surface area (Å²) in [7, 11) is 0. The zero-order valence-electron chi connectivity index (χ0n) is 11.4. The second-order valence-electron chi connectivity index (χ2n) is 4.48. The number of hydrogen-bond acceptors (Lipinski definition) is 3. The molecule has 2 N–H and O–H groups in total. The maximum Gasteiger partial charge on any atom is 0.335 e. The molecule has 1 aromatic carbocycles. The van der Waals surface area contributed by atoms with Gasteiger partial charge in [-0.05, 0) is 24.6 Å². The summed E-state index contributed by atoms with van der Waals surface area (Å²) in [6.07, 6.45) is 0.584. The van der Waals surface area contributed by atoms with Gasteiger partial charge in [-0.25, -0.2) is 18.6 Å². The Morgan fingerprint density at radius 1 is 1.29 bits per heavy atom. The van der Waals surface area contributed by atoms with E-state index in [2.05, 4.69) is 10.3 Å². The van der Waals surface area contributed by atoms with Crippen LogP contribution in [0, 0.1) is 11.6 Å². The van der Waals surface area contributed by atoms with E-state index in [0.29, 0.717) is 17.9 Å². The molecule has 0 saturated carbocycles. The largest absolute Gasteiger partial charge is 0.478 e. The molecule has 0 aliphatic rings. The molecule has 2 rings (SSSR count). The number of rotatable bonds is 5. The number of carboxylic acid groups (broad SMARTS) is 1. The molecule has 110 valence electrons. The molecular formula is C15H14F2N2O2. The first-order valence-corrected chi connectivity index (χ1v) is 6.41. The molecule has 0 saturated heterocycles. The number of hydrogen-bond donors (Lipinski definition) is 2. The van der Waals surface area contributed by atoms with Crippen molar-refractivity contribution in [3.05, 3.63) is 58.8 Å². The third kappa shape index (κ3) is 3.75. The van der Waals surface area contributed by atoms with Gasteiger partial charge in [0.2, 0.25) is 0 Å². The Bertz CT molecular complexity index is 675. The fourth-order valence-electron chi connectivity index (χ4n) is 1.83. The van der Waals surface area contributed by atoms with Crippen molar-refractivity contribution < 1.29 is 18.7 Å². The monoisotopic (exact) mass is 292 g/mol. The summed E-state index contributed by atoms with van der Waals surface area (Å²) in [5.41, 5.74) is 1.01. The predicted octanol–water partition coefficient (Wildman–Crippen LogP) is 3.23. The van der Waals surface area contributed by atoms with Crippen LogP contribution in [0.1, 0.15) is 28.5 Å². The normalized spacial score (nSPS) is 10.4. The zero-order valence-corrected chi connectivity index (χ0v) is 11.4. The lowest BCUT2D eigenvalue weighted by atomic mass is 10.2. The molecule has 0 unspecified atom stereocenters. The van der Waals surface area contributed by atoms with E-state index in [1.807, 2.05) is 6.92 Å². The Hall–Kier alpha value is -2.50. The first kappa shape index (κ1) is 14.9. The van der Waals surface area contributed by atoms with Gasteiger partial charge in [-0.15, -0.1) is 0 Å². The summed E-state index contributed by atoms with van der Waals surface area (Å²) >= 11 is 0. The molecule has 1 heterocycles. The predicted molar refractivity (Wildman–Crippen MR) is 74.3 cm³/mol. The van der Waals surface area contributed by atoms with E-state index >= 15 is 0 Å². The van der Waals surface area contributed by atoms with Crippen LogP contribution in [0.15, 0.2) is 30.3 Å². The number of carbonyl (C=O) groups is 1. The van der Waals surface area contributed by atoms with Gasteiger partial charge in [0.1, 0.15) is 17.5 Å². The lowest BCUT2D eigenvalue weighted by Gasteiger charge is -2.09. The molecule has 0 radical (unpaired) electrons. The van der Waals surface area contributed by atoms with Crippen LogP contribution in [-0.2, 0) is 13.0 Å². The Kier molecular flexibility index (Phi) is 4.47. The van der Waals surface area contributed by atoms with Gasteiger partial charge in [-0.2, -0.15) is 0 Å². The maximum absolute atomic E-state index is 13.5. The van der Waals surface area contributed by atoms with Crippen molar-refractivity contribution in [1.82, 2.24) is 4.98 Å². The number of carboxylic acids is 1. The minimum atomic E-state index is -1.05. The third-order valence-corrected chi connectivity index (χ3v) is 2.96. The Morgan fingerprint density at radius 3 is 2.67 bits per heavy atom. The van der Waals surface area contributed by atoms with Crippen molar-refractivity contribution in [3.63, 3.8) is 0 Å². The van der Waals surface area contributed by atoms with Crippen LogP contribution < -0.4 is 5.32 Å². The van der Waals surface area contributed by atoms with Gasteiger partial charge in [-0.1, -0.05) is 13.0 Å². The lowest BCUT2D eigenvalue weighted by molar-refractivity contribution is 0.0696. The Labute approximate surface area is 120 Å². The number of anilines is 1. The number of halogens is 2. The van der Waals surface area contributed by atoms with Crippen molar-refractivity contribution in [3.8, 4) is 0 Å². The van der Waals surface area contributed by atoms with Crippen molar-refractivity contribution in [2.45, 2.75) is 19.9 Å². The molecule has 21 heavy (non-hydrogen) atoms. The van der Waals surface area contributed by atoms with Crippen LogP contribution in [0.5, 0.6) is 0 Å². The molecule has 0 atom stereocenters. The maximum atomic E-state index is 13.5. The standard InChI is InChI=1S/C15H14F2N2O2/c1-2-12-5-10(15(20)21)6-14(19-12)18-8-9-3-4-11(16)7-13(9)17/h3-7H,2,8H2,1H3,(H,18,19)(H,20,21). The molecule has 1 aromatic heterocycles. The molecule has 0 aliphatic heterocycles. The fourth-order valence-corrected chi connectivity index (χ4v) is 1.83. The summed E-state index contributed by atoms with van der Waals surface area (Å²) in [4.78, 5) is 15.3. The van der Waals surface area contributed by atoms with Gasteiger partial charge in [0.25, 0.3) is 0 Å². The van der Waals surface area contributed by atoms with Crippen LogP contribution in [-0.4, -0.2) is 16.1 Å². The topological polar surface area (TPSA) is 62.2 Å². The fraction of sp³-hybridized carbons (Fsp3) is 0.200. The van der Waals surface area contributed by atoms with Gasteiger partial charge in [-0.3, -0.25) is 0 Å². The first-order valence-electron chi connectivity index (χ1n) is 6.41. The van der Waals surface area contributed by atoms with Gasteiger partial charge < -0.3 is 10.4 Å². The summed E-state index contributed by atoms with van der Waals surface area (Å²) in [5, 5.41) is 11.9. The van der Waals surface area contributed by atoms with Gasteiger partial charge in [0, 0.05) is 23.9 Å². The van der Waals surface area contributed by atoms with Gasteiger partial charge in [0.05, 0.1) is 5.56 Å². The van der Waals surface area contributed by atoms with Gasteiger partial charge in [0.15, 0.2) is 0 Å². The zero-order chi connectivity index (χ0) is 15.4. The highest BCUT2D eigenvalue weighted by atomic mass is 19.1. The smallest absolute Gasteiger partial charge is 0.335 e. The average molecular weight is 292 g/mol. The lowest BCUT2D eigenvalue weighted by Crippen LogP contribution is -2.07. The number of nitrogens with one attached hydrogen (secondary N) is 1.